The van der Waals surface area contributed by atoms with Crippen molar-refractivity contribution in [1.29, 1.82) is 0 Å². The second-order valence-corrected chi connectivity index (χ2v) is 10.1. The van der Waals surface area contributed by atoms with Gasteiger partial charge in [0, 0.05) is 6.92 Å². The highest BCUT2D eigenvalue weighted by Gasteiger charge is 2.47. The Morgan fingerprint density at radius 3 is 1.93 bits per heavy atom. The average molecular weight is 581 g/mol. The maximum Gasteiger partial charge on any atom is 0.217 e. The lowest BCUT2D eigenvalue weighted by molar-refractivity contribution is -0.276. The number of aliphatic hydroxyl groups is 2. The zero-order valence-electron chi connectivity index (χ0n) is 24.1. The van der Waals surface area contributed by atoms with Crippen molar-refractivity contribution in [3.8, 4) is 11.5 Å². The predicted molar refractivity (Wildman–Crippen MR) is 156 cm³/mol. The molecule has 1 heterocycles. The Balaban J connectivity index is 1.74. The molecule has 0 aliphatic carbocycles. The van der Waals surface area contributed by atoms with Gasteiger partial charge in [0.2, 0.25) is 5.91 Å². The topological polar surface area (TPSA) is 142 Å². The highest BCUT2D eigenvalue weighted by molar-refractivity contribution is 5.73. The van der Waals surface area contributed by atoms with Crippen molar-refractivity contribution in [2.45, 2.75) is 49.6 Å². The van der Waals surface area contributed by atoms with Crippen molar-refractivity contribution in [3.63, 3.8) is 0 Å². The van der Waals surface area contributed by atoms with Crippen LogP contribution in [0.15, 0.2) is 78.9 Å². The van der Waals surface area contributed by atoms with Crippen molar-refractivity contribution in [2.24, 2.45) is 5.73 Å². The number of hydrogen-bond donors (Lipinski definition) is 4. The monoisotopic (exact) mass is 580 g/mol. The molecule has 1 saturated heterocycles. The van der Waals surface area contributed by atoms with E-state index in [-0.39, 0.29) is 19.1 Å². The lowest BCUT2D eigenvalue weighted by atomic mass is 9.80. The van der Waals surface area contributed by atoms with Crippen LogP contribution in [0.4, 0.5) is 0 Å². The van der Waals surface area contributed by atoms with Crippen molar-refractivity contribution in [2.75, 3.05) is 34.0 Å². The number of carbonyl (C=O) groups excluding carboxylic acids is 1. The van der Waals surface area contributed by atoms with E-state index >= 15 is 0 Å². The summed E-state index contributed by atoms with van der Waals surface area (Å²) in [4.78, 5) is 11.9. The van der Waals surface area contributed by atoms with E-state index in [0.717, 1.165) is 16.7 Å². The molecule has 4 rings (SSSR count). The van der Waals surface area contributed by atoms with Gasteiger partial charge in [-0.25, -0.2) is 0 Å². The third-order valence-electron chi connectivity index (χ3n) is 7.34. The summed E-state index contributed by atoms with van der Waals surface area (Å²) in [5.41, 5.74) is 6.90. The van der Waals surface area contributed by atoms with E-state index in [2.05, 4.69) is 5.32 Å². The van der Waals surface area contributed by atoms with Crippen LogP contribution in [0.3, 0.4) is 0 Å². The summed E-state index contributed by atoms with van der Waals surface area (Å²) in [5.74, 6) is 0.983. The molecule has 1 aliphatic rings. The van der Waals surface area contributed by atoms with Gasteiger partial charge in [-0.05, 0) is 53.9 Å². The van der Waals surface area contributed by atoms with E-state index in [9.17, 15) is 15.0 Å². The number of benzene rings is 3. The average Bonchev–Trinajstić information content (AvgIpc) is 3.02. The minimum Gasteiger partial charge on any atom is -0.497 e. The molecule has 3 aromatic rings. The first-order valence-corrected chi connectivity index (χ1v) is 13.9. The lowest BCUT2D eigenvalue weighted by Crippen LogP contribution is -2.65. The first kappa shape index (κ1) is 31.4. The van der Waals surface area contributed by atoms with Crippen LogP contribution in [-0.4, -0.2) is 80.7 Å². The summed E-state index contributed by atoms with van der Waals surface area (Å²) in [6.45, 7) is 1.84. The van der Waals surface area contributed by atoms with Crippen LogP contribution in [-0.2, 0) is 24.6 Å². The SMILES string of the molecule is COc1ccc(C(OC[C@H]2O[C@@H](OCCCN)[C@H](NC(C)=O)[C@@H](O)[C@H]2O)(c2ccccc2)c2ccc(OC)cc2)cc1. The number of carbonyl (C=O) groups is 1. The molecule has 5 N–H and O–H groups in total. The fraction of sp³-hybridized carbons (Fsp3) is 0.406. The van der Waals surface area contributed by atoms with Gasteiger partial charge in [0.15, 0.2) is 6.29 Å². The van der Waals surface area contributed by atoms with Crippen molar-refractivity contribution >= 4 is 5.91 Å². The van der Waals surface area contributed by atoms with Gasteiger partial charge in [0.05, 0.1) is 27.4 Å². The van der Waals surface area contributed by atoms with Gasteiger partial charge < -0.3 is 44.9 Å². The smallest absolute Gasteiger partial charge is 0.217 e. The van der Waals surface area contributed by atoms with Gasteiger partial charge in [-0.2, -0.15) is 0 Å². The third kappa shape index (κ3) is 6.92. The summed E-state index contributed by atoms with van der Waals surface area (Å²) >= 11 is 0. The largest absolute Gasteiger partial charge is 0.497 e. The summed E-state index contributed by atoms with van der Waals surface area (Å²) in [7, 11) is 3.21. The zero-order valence-corrected chi connectivity index (χ0v) is 24.1. The zero-order chi connectivity index (χ0) is 30.1. The first-order chi connectivity index (χ1) is 20.3. The number of nitrogens with one attached hydrogen (secondary N) is 1. The normalized spacial score (nSPS) is 22.4. The Bertz CT molecular complexity index is 1210. The van der Waals surface area contributed by atoms with Gasteiger partial charge >= 0.3 is 0 Å². The number of hydrogen-bond acceptors (Lipinski definition) is 9. The number of aliphatic hydroxyl groups excluding tert-OH is 2. The molecule has 0 saturated carbocycles. The van der Waals surface area contributed by atoms with Gasteiger partial charge in [-0.3, -0.25) is 4.79 Å². The summed E-state index contributed by atoms with van der Waals surface area (Å²) < 4.78 is 29.7. The Morgan fingerprint density at radius 2 is 1.43 bits per heavy atom. The predicted octanol–water partition coefficient (Wildman–Crippen LogP) is 2.33. The summed E-state index contributed by atoms with van der Waals surface area (Å²) in [5, 5.41) is 24.8. The molecule has 1 aliphatic heterocycles. The number of ether oxygens (including phenoxy) is 5. The molecule has 1 amide bonds. The molecule has 0 unspecified atom stereocenters. The first-order valence-electron chi connectivity index (χ1n) is 13.9. The second kappa shape index (κ2) is 14.6. The second-order valence-electron chi connectivity index (χ2n) is 10.1. The minimum absolute atomic E-state index is 0.130. The van der Waals surface area contributed by atoms with Crippen LogP contribution in [0.25, 0.3) is 0 Å². The quantitative estimate of drug-likeness (QED) is 0.177. The van der Waals surface area contributed by atoms with Crippen LogP contribution >= 0.6 is 0 Å². The Morgan fingerprint density at radius 1 is 0.881 bits per heavy atom. The Labute approximate surface area is 246 Å². The van der Waals surface area contributed by atoms with Gasteiger partial charge in [-0.1, -0.05) is 54.6 Å². The molecule has 3 aromatic carbocycles. The van der Waals surface area contributed by atoms with E-state index in [1.807, 2.05) is 78.9 Å². The number of nitrogens with two attached hydrogens (primary N) is 1. The molecule has 0 aromatic heterocycles. The van der Waals surface area contributed by atoms with Crippen LogP contribution in [0.5, 0.6) is 11.5 Å². The van der Waals surface area contributed by atoms with E-state index in [0.29, 0.717) is 24.5 Å². The van der Waals surface area contributed by atoms with E-state index in [1.54, 1.807) is 14.2 Å². The molecule has 226 valence electrons. The Hall–Kier alpha value is -3.51. The highest BCUT2D eigenvalue weighted by Crippen LogP contribution is 2.42. The van der Waals surface area contributed by atoms with Gasteiger partial charge in [0.25, 0.3) is 0 Å². The maximum absolute atomic E-state index is 11.9. The number of rotatable bonds is 13. The van der Waals surface area contributed by atoms with Crippen LogP contribution in [0.2, 0.25) is 0 Å². The van der Waals surface area contributed by atoms with Crippen LogP contribution in [0.1, 0.15) is 30.0 Å². The van der Waals surface area contributed by atoms with E-state index in [4.69, 9.17) is 29.4 Å². The summed E-state index contributed by atoms with van der Waals surface area (Å²) in [6.07, 6.45) is -4.21. The number of methoxy groups -OCH3 is 2. The van der Waals surface area contributed by atoms with Crippen molar-refractivity contribution < 1.29 is 38.7 Å². The van der Waals surface area contributed by atoms with Crippen molar-refractivity contribution in [1.82, 2.24) is 5.32 Å². The lowest BCUT2D eigenvalue weighted by Gasteiger charge is -2.44. The molecule has 5 atom stereocenters. The van der Waals surface area contributed by atoms with E-state index in [1.165, 1.54) is 6.92 Å². The third-order valence-corrected chi connectivity index (χ3v) is 7.34. The minimum atomic E-state index is -1.38. The van der Waals surface area contributed by atoms with E-state index < -0.39 is 36.2 Å². The molecule has 42 heavy (non-hydrogen) atoms. The van der Waals surface area contributed by atoms with Crippen LogP contribution in [0, 0.1) is 0 Å². The van der Waals surface area contributed by atoms with Gasteiger partial charge in [0.1, 0.15) is 41.5 Å². The fourth-order valence-electron chi connectivity index (χ4n) is 5.16. The standard InChI is InChI=1S/C32H40N2O8/c1-21(35)34-28-30(37)29(36)27(42-31(28)40-19-7-18-33)20-41-32(22-8-5-4-6-9-22,23-10-14-25(38-2)15-11-23)24-12-16-26(39-3)17-13-24/h4-6,8-17,27-31,36-37H,7,18-20,33H2,1-3H3,(H,34,35)/t27-,28-,29+,30-,31-/m1/s1. The molecule has 0 spiro atoms. The Kier molecular flexibility index (Phi) is 10.9. The molecule has 0 bridgehead atoms. The number of amides is 1. The molecular formula is C32H40N2O8. The maximum atomic E-state index is 11.9. The van der Waals surface area contributed by atoms with Crippen molar-refractivity contribution in [3.05, 3.63) is 95.6 Å². The molecule has 10 nitrogen and oxygen atoms in total. The molecule has 0 radical (unpaired) electrons. The molecule has 10 heteroatoms. The highest BCUT2D eigenvalue weighted by atomic mass is 16.7. The van der Waals surface area contributed by atoms with Gasteiger partial charge in [-0.15, -0.1) is 0 Å². The molecular weight excluding hydrogens is 540 g/mol. The van der Waals surface area contributed by atoms with Crippen LogP contribution < -0.4 is 20.5 Å². The fourth-order valence-corrected chi connectivity index (χ4v) is 5.16. The molecule has 1 fully saturated rings. The summed E-state index contributed by atoms with van der Waals surface area (Å²) in [6, 6.07) is 23.9.